The molecule has 32 heavy (non-hydrogen) atoms. The Labute approximate surface area is 188 Å². The first-order chi connectivity index (χ1) is 15.5. The average Bonchev–Trinajstić information content (AvgIpc) is 3.44. The summed E-state index contributed by atoms with van der Waals surface area (Å²) >= 11 is 0. The number of amides is 2. The van der Waals surface area contributed by atoms with Crippen LogP contribution in [-0.4, -0.2) is 35.2 Å². The van der Waals surface area contributed by atoms with Crippen molar-refractivity contribution in [1.29, 1.82) is 0 Å². The molecule has 0 aliphatic heterocycles. The third kappa shape index (κ3) is 5.31. The van der Waals surface area contributed by atoms with E-state index in [0.717, 1.165) is 54.1 Å². The molecular weight excluding hydrogens is 402 g/mol. The molecule has 1 atom stereocenters. The molecule has 0 unspecified atom stereocenters. The number of carbonyl (C=O) groups is 2. The van der Waals surface area contributed by atoms with Crippen LogP contribution >= 0.6 is 0 Å². The van der Waals surface area contributed by atoms with Crippen molar-refractivity contribution in [2.75, 3.05) is 6.54 Å². The summed E-state index contributed by atoms with van der Waals surface area (Å²) in [5, 5.41) is 6.94. The summed E-state index contributed by atoms with van der Waals surface area (Å²) in [6.45, 7) is 2.26. The number of hydrogen-bond acceptors (Lipinski definition) is 3. The number of aromatic nitrogens is 1. The van der Waals surface area contributed by atoms with Gasteiger partial charge in [0.05, 0.1) is 0 Å². The molecule has 1 fully saturated rings. The van der Waals surface area contributed by atoms with Gasteiger partial charge in [0.1, 0.15) is 11.6 Å². The first kappa shape index (κ1) is 21.9. The molecule has 1 aromatic heterocycles. The maximum atomic E-state index is 13.3. The standard InChI is InChI=1S/C26H31N3O3/c1-26(29-25(31)32-21-11-5-6-12-21,17-20-18-28-23-14-8-7-13-22(20)23)24(30)27-16-15-19-9-3-2-4-10-19/h2-4,7-10,13-14,18,21,28H,5-6,11-12,15-17H2,1H3,(H,27,30)(H,29,31)/t26-/m0/s1. The van der Waals surface area contributed by atoms with Crippen molar-refractivity contribution >= 4 is 22.9 Å². The van der Waals surface area contributed by atoms with Crippen LogP contribution in [0, 0.1) is 0 Å². The molecule has 6 nitrogen and oxygen atoms in total. The van der Waals surface area contributed by atoms with Gasteiger partial charge in [-0.15, -0.1) is 0 Å². The van der Waals surface area contributed by atoms with Gasteiger partial charge in [-0.3, -0.25) is 4.79 Å². The van der Waals surface area contributed by atoms with Crippen molar-refractivity contribution < 1.29 is 14.3 Å². The molecule has 3 N–H and O–H groups in total. The lowest BCUT2D eigenvalue weighted by Gasteiger charge is -2.30. The number of fused-ring (bicyclic) bond motifs is 1. The van der Waals surface area contributed by atoms with Crippen molar-refractivity contribution in [3.8, 4) is 0 Å². The lowest BCUT2D eigenvalue weighted by Crippen LogP contribution is -2.58. The highest BCUT2D eigenvalue weighted by molar-refractivity contribution is 5.91. The molecular formula is C26H31N3O3. The van der Waals surface area contributed by atoms with E-state index >= 15 is 0 Å². The summed E-state index contributed by atoms with van der Waals surface area (Å²) in [5.41, 5.74) is 1.99. The van der Waals surface area contributed by atoms with Crippen LogP contribution in [0.25, 0.3) is 10.9 Å². The predicted octanol–water partition coefficient (Wildman–Crippen LogP) is 4.50. The minimum atomic E-state index is -1.14. The molecule has 4 rings (SSSR count). The van der Waals surface area contributed by atoms with Gasteiger partial charge in [0, 0.05) is 30.1 Å². The summed E-state index contributed by atoms with van der Waals surface area (Å²) in [4.78, 5) is 29.2. The molecule has 168 valence electrons. The summed E-state index contributed by atoms with van der Waals surface area (Å²) in [5.74, 6) is -0.220. The van der Waals surface area contributed by atoms with Gasteiger partial charge in [0.2, 0.25) is 5.91 Å². The third-order valence-electron chi connectivity index (χ3n) is 6.22. The predicted molar refractivity (Wildman–Crippen MR) is 125 cm³/mol. The summed E-state index contributed by atoms with van der Waals surface area (Å²) in [7, 11) is 0. The number of para-hydroxylation sites is 1. The molecule has 6 heteroatoms. The highest BCUT2D eigenvalue weighted by Crippen LogP contribution is 2.24. The number of alkyl carbamates (subject to hydrolysis) is 1. The van der Waals surface area contributed by atoms with Gasteiger partial charge in [-0.2, -0.15) is 0 Å². The zero-order chi connectivity index (χ0) is 22.4. The van der Waals surface area contributed by atoms with Crippen molar-refractivity contribution in [3.63, 3.8) is 0 Å². The number of carbonyl (C=O) groups excluding carboxylic acids is 2. The van der Waals surface area contributed by atoms with E-state index in [1.807, 2.05) is 60.8 Å². The summed E-state index contributed by atoms with van der Waals surface area (Å²) < 4.78 is 5.60. The quantitative estimate of drug-likeness (QED) is 0.489. The smallest absolute Gasteiger partial charge is 0.408 e. The number of aromatic amines is 1. The second-order valence-electron chi connectivity index (χ2n) is 8.80. The number of ether oxygens (including phenoxy) is 1. The van der Waals surface area contributed by atoms with Crippen molar-refractivity contribution in [1.82, 2.24) is 15.6 Å². The van der Waals surface area contributed by atoms with Gasteiger partial charge >= 0.3 is 6.09 Å². The minimum Gasteiger partial charge on any atom is -0.446 e. The second-order valence-corrected chi connectivity index (χ2v) is 8.80. The summed E-state index contributed by atoms with van der Waals surface area (Å²) in [6.07, 6.45) is 6.31. The third-order valence-corrected chi connectivity index (χ3v) is 6.22. The van der Waals surface area contributed by atoms with Crippen LogP contribution in [-0.2, 0) is 22.4 Å². The number of benzene rings is 2. The number of rotatable bonds is 8. The van der Waals surface area contributed by atoms with Crippen LogP contribution in [0.2, 0.25) is 0 Å². The average molecular weight is 434 g/mol. The Morgan fingerprint density at radius 1 is 1.06 bits per heavy atom. The fraction of sp³-hybridized carbons (Fsp3) is 0.385. The van der Waals surface area contributed by atoms with Gasteiger partial charge in [-0.1, -0.05) is 48.5 Å². The largest absolute Gasteiger partial charge is 0.446 e. The van der Waals surface area contributed by atoms with Crippen molar-refractivity contribution in [2.24, 2.45) is 0 Å². The van der Waals surface area contributed by atoms with Gasteiger partial charge in [0.15, 0.2) is 0 Å². The number of hydrogen-bond donors (Lipinski definition) is 3. The molecule has 1 heterocycles. The van der Waals surface area contributed by atoms with E-state index in [9.17, 15) is 9.59 Å². The molecule has 1 aliphatic rings. The van der Waals surface area contributed by atoms with Crippen LogP contribution in [0.4, 0.5) is 4.79 Å². The zero-order valence-corrected chi connectivity index (χ0v) is 18.5. The molecule has 3 aromatic rings. The first-order valence-electron chi connectivity index (χ1n) is 11.4. The van der Waals surface area contributed by atoms with Gasteiger partial charge < -0.3 is 20.4 Å². The van der Waals surface area contributed by atoms with Crippen molar-refractivity contribution in [3.05, 3.63) is 71.9 Å². The van der Waals surface area contributed by atoms with Gasteiger partial charge in [-0.05, 0) is 56.2 Å². The SMILES string of the molecule is C[C@@](Cc1c[nH]c2ccccc12)(NC(=O)OC1CCCC1)C(=O)NCCc1ccccc1. The maximum absolute atomic E-state index is 13.3. The molecule has 1 aliphatic carbocycles. The normalized spacial score (nSPS) is 15.9. The lowest BCUT2D eigenvalue weighted by atomic mass is 9.91. The molecule has 0 bridgehead atoms. The van der Waals surface area contributed by atoms with E-state index < -0.39 is 11.6 Å². The van der Waals surface area contributed by atoms with E-state index in [1.54, 1.807) is 6.92 Å². The molecule has 0 saturated heterocycles. The summed E-state index contributed by atoms with van der Waals surface area (Å²) in [6, 6.07) is 18.0. The van der Waals surface area contributed by atoms with Crippen LogP contribution in [0.1, 0.15) is 43.7 Å². The number of nitrogens with one attached hydrogen (secondary N) is 3. The fourth-order valence-electron chi connectivity index (χ4n) is 4.41. The van der Waals surface area contributed by atoms with E-state index in [4.69, 9.17) is 4.74 Å². The van der Waals surface area contributed by atoms with Crippen LogP contribution in [0.3, 0.4) is 0 Å². The highest BCUT2D eigenvalue weighted by atomic mass is 16.6. The van der Waals surface area contributed by atoms with Crippen LogP contribution < -0.4 is 10.6 Å². The van der Waals surface area contributed by atoms with E-state index in [0.29, 0.717) is 13.0 Å². The Hall–Kier alpha value is -3.28. The second kappa shape index (κ2) is 9.90. The Morgan fingerprint density at radius 2 is 1.78 bits per heavy atom. The Bertz CT molecular complexity index is 1060. The Kier molecular flexibility index (Phi) is 6.78. The van der Waals surface area contributed by atoms with Crippen LogP contribution in [0.15, 0.2) is 60.8 Å². The Morgan fingerprint density at radius 3 is 2.56 bits per heavy atom. The zero-order valence-electron chi connectivity index (χ0n) is 18.5. The molecule has 2 amide bonds. The van der Waals surface area contributed by atoms with E-state index in [2.05, 4.69) is 15.6 Å². The minimum absolute atomic E-state index is 0.0616. The van der Waals surface area contributed by atoms with Gasteiger partial charge in [-0.25, -0.2) is 4.79 Å². The fourth-order valence-corrected chi connectivity index (χ4v) is 4.41. The molecule has 1 saturated carbocycles. The molecule has 2 aromatic carbocycles. The Balaban J connectivity index is 1.47. The number of H-pyrrole nitrogens is 1. The monoisotopic (exact) mass is 433 g/mol. The topological polar surface area (TPSA) is 83.2 Å². The van der Waals surface area contributed by atoms with Crippen molar-refractivity contribution in [2.45, 2.75) is 57.1 Å². The van der Waals surface area contributed by atoms with E-state index in [-0.39, 0.29) is 12.0 Å². The van der Waals surface area contributed by atoms with Crippen LogP contribution in [0.5, 0.6) is 0 Å². The molecule has 0 spiro atoms. The molecule has 0 radical (unpaired) electrons. The lowest BCUT2D eigenvalue weighted by molar-refractivity contribution is -0.126. The highest BCUT2D eigenvalue weighted by Gasteiger charge is 2.37. The maximum Gasteiger partial charge on any atom is 0.408 e. The van der Waals surface area contributed by atoms with E-state index in [1.165, 1.54) is 0 Å². The van der Waals surface area contributed by atoms with Gasteiger partial charge in [0.25, 0.3) is 0 Å². The first-order valence-corrected chi connectivity index (χ1v) is 11.4.